The highest BCUT2D eigenvalue weighted by atomic mass is 16.1. The molecule has 0 atom stereocenters. The fourth-order valence-corrected chi connectivity index (χ4v) is 2.48. The van der Waals surface area contributed by atoms with Gasteiger partial charge in [0.05, 0.1) is 0 Å². The Hall–Kier alpha value is -1.81. The van der Waals surface area contributed by atoms with Crippen LogP contribution in [-0.2, 0) is 11.3 Å². The number of amides is 1. The molecule has 114 valence electrons. The second-order valence-electron chi connectivity index (χ2n) is 5.89. The first-order valence-corrected chi connectivity index (χ1v) is 7.63. The van der Waals surface area contributed by atoms with Gasteiger partial charge in [0.25, 0.3) is 0 Å². The lowest BCUT2D eigenvalue weighted by Gasteiger charge is -2.09. The molecule has 0 saturated carbocycles. The molecule has 2 aromatic rings. The van der Waals surface area contributed by atoms with Crippen LogP contribution in [0.15, 0.2) is 30.5 Å². The molecule has 0 bridgehead atoms. The predicted molar refractivity (Wildman–Crippen MR) is 88.6 cm³/mol. The van der Waals surface area contributed by atoms with Gasteiger partial charge in [-0.3, -0.25) is 4.79 Å². The molecule has 0 saturated heterocycles. The average molecular weight is 287 g/mol. The molecule has 2 N–H and O–H groups in total. The van der Waals surface area contributed by atoms with Gasteiger partial charge in [0.1, 0.15) is 0 Å². The van der Waals surface area contributed by atoms with Gasteiger partial charge in [-0.15, -0.1) is 0 Å². The van der Waals surface area contributed by atoms with Gasteiger partial charge in [0.15, 0.2) is 0 Å². The van der Waals surface area contributed by atoms with Crippen LogP contribution in [0.1, 0.15) is 26.7 Å². The van der Waals surface area contributed by atoms with E-state index >= 15 is 0 Å². The van der Waals surface area contributed by atoms with E-state index in [9.17, 15) is 4.79 Å². The number of carbonyl (C=O) groups excluding carboxylic acids is 1. The molecule has 1 heterocycles. The van der Waals surface area contributed by atoms with E-state index in [2.05, 4.69) is 47.4 Å². The van der Waals surface area contributed by atoms with E-state index in [1.807, 2.05) is 19.2 Å². The second-order valence-corrected chi connectivity index (χ2v) is 5.89. The molecule has 21 heavy (non-hydrogen) atoms. The van der Waals surface area contributed by atoms with Gasteiger partial charge in [-0.2, -0.15) is 0 Å². The minimum atomic E-state index is 0.0752. The van der Waals surface area contributed by atoms with Crippen LogP contribution in [0, 0.1) is 5.92 Å². The fourth-order valence-electron chi connectivity index (χ4n) is 2.48. The lowest BCUT2D eigenvalue weighted by Crippen LogP contribution is -2.15. The van der Waals surface area contributed by atoms with Gasteiger partial charge < -0.3 is 15.2 Å². The highest BCUT2D eigenvalue weighted by Gasteiger charge is 2.06. The third kappa shape index (κ3) is 4.33. The lowest BCUT2D eigenvalue weighted by atomic mass is 10.2. The molecule has 0 radical (unpaired) electrons. The van der Waals surface area contributed by atoms with Crippen LogP contribution in [0.3, 0.4) is 0 Å². The molecule has 0 aliphatic heterocycles. The van der Waals surface area contributed by atoms with Crippen LogP contribution in [0.25, 0.3) is 10.9 Å². The molecule has 4 heteroatoms. The Bertz CT molecular complexity index is 601. The molecule has 1 amide bonds. The Morgan fingerprint density at radius 3 is 2.81 bits per heavy atom. The molecule has 0 spiro atoms. The minimum Gasteiger partial charge on any atom is -0.347 e. The van der Waals surface area contributed by atoms with Crippen molar-refractivity contribution in [1.82, 2.24) is 9.88 Å². The third-order valence-corrected chi connectivity index (χ3v) is 3.45. The van der Waals surface area contributed by atoms with Crippen molar-refractivity contribution in [3.63, 3.8) is 0 Å². The largest absolute Gasteiger partial charge is 0.347 e. The maximum absolute atomic E-state index is 11.8. The number of nitrogens with one attached hydrogen (secondary N) is 2. The second kappa shape index (κ2) is 7.27. The van der Waals surface area contributed by atoms with E-state index in [0.717, 1.165) is 25.2 Å². The minimum absolute atomic E-state index is 0.0752. The van der Waals surface area contributed by atoms with Gasteiger partial charge in [-0.05, 0) is 50.2 Å². The fraction of sp³-hybridized carbons (Fsp3) is 0.471. The van der Waals surface area contributed by atoms with E-state index in [4.69, 9.17) is 0 Å². The highest BCUT2D eigenvalue weighted by molar-refractivity contribution is 5.93. The standard InChI is InChI=1S/C17H25N3O/c1-13(2)12-20-10-8-14-11-15(6-7-16(14)20)19-17(21)5-4-9-18-3/h6-8,10-11,13,18H,4-5,9,12H2,1-3H3,(H,19,21). The predicted octanol–water partition coefficient (Wildman–Crippen LogP) is 3.24. The summed E-state index contributed by atoms with van der Waals surface area (Å²) >= 11 is 0. The van der Waals surface area contributed by atoms with Crippen LogP contribution in [0.5, 0.6) is 0 Å². The number of rotatable bonds is 7. The quantitative estimate of drug-likeness (QED) is 0.768. The first-order valence-electron chi connectivity index (χ1n) is 7.63. The molecule has 0 aliphatic carbocycles. The molecule has 4 nitrogen and oxygen atoms in total. The molecule has 2 rings (SSSR count). The molecule has 1 aromatic carbocycles. The summed E-state index contributed by atoms with van der Waals surface area (Å²) in [6, 6.07) is 8.21. The Morgan fingerprint density at radius 1 is 1.29 bits per heavy atom. The van der Waals surface area contributed by atoms with Crippen LogP contribution < -0.4 is 10.6 Å². The summed E-state index contributed by atoms with van der Waals surface area (Å²) in [7, 11) is 1.90. The summed E-state index contributed by atoms with van der Waals surface area (Å²) in [6.45, 7) is 6.31. The van der Waals surface area contributed by atoms with Gasteiger partial charge in [-0.1, -0.05) is 13.8 Å². The average Bonchev–Trinajstić information content (AvgIpc) is 2.81. The van der Waals surface area contributed by atoms with Gasteiger partial charge in [-0.25, -0.2) is 0 Å². The Morgan fingerprint density at radius 2 is 2.10 bits per heavy atom. The monoisotopic (exact) mass is 287 g/mol. The van der Waals surface area contributed by atoms with E-state index in [0.29, 0.717) is 12.3 Å². The highest BCUT2D eigenvalue weighted by Crippen LogP contribution is 2.21. The maximum atomic E-state index is 11.8. The first kappa shape index (κ1) is 15.6. The van der Waals surface area contributed by atoms with Crippen molar-refractivity contribution in [3.05, 3.63) is 30.5 Å². The number of nitrogens with zero attached hydrogens (tertiary/aromatic N) is 1. The zero-order chi connectivity index (χ0) is 15.2. The van der Waals surface area contributed by atoms with Crippen LogP contribution in [0.2, 0.25) is 0 Å². The van der Waals surface area contributed by atoms with E-state index in [-0.39, 0.29) is 5.91 Å². The number of carbonyl (C=O) groups is 1. The molecule has 1 aromatic heterocycles. The van der Waals surface area contributed by atoms with Crippen molar-refractivity contribution in [2.75, 3.05) is 18.9 Å². The normalized spacial score (nSPS) is 11.2. The summed E-state index contributed by atoms with van der Waals surface area (Å²) in [5.74, 6) is 0.693. The summed E-state index contributed by atoms with van der Waals surface area (Å²) in [5, 5.41) is 7.18. The SMILES string of the molecule is CNCCCC(=O)Nc1ccc2c(ccn2CC(C)C)c1. The molecular formula is C17H25N3O. The van der Waals surface area contributed by atoms with Crippen molar-refractivity contribution >= 4 is 22.5 Å². The van der Waals surface area contributed by atoms with Gasteiger partial charge >= 0.3 is 0 Å². The molecular weight excluding hydrogens is 262 g/mol. The summed E-state index contributed by atoms with van der Waals surface area (Å²) in [6.07, 6.45) is 3.52. The third-order valence-electron chi connectivity index (χ3n) is 3.45. The first-order chi connectivity index (χ1) is 10.1. The zero-order valence-corrected chi connectivity index (χ0v) is 13.1. The van der Waals surface area contributed by atoms with Crippen molar-refractivity contribution < 1.29 is 4.79 Å². The van der Waals surface area contributed by atoms with Crippen LogP contribution in [-0.4, -0.2) is 24.1 Å². The summed E-state index contributed by atoms with van der Waals surface area (Å²) < 4.78 is 2.26. The van der Waals surface area contributed by atoms with Gasteiger partial charge in [0, 0.05) is 35.8 Å². The molecule has 0 fully saturated rings. The number of hydrogen-bond donors (Lipinski definition) is 2. The van der Waals surface area contributed by atoms with Gasteiger partial charge in [0.2, 0.25) is 5.91 Å². The van der Waals surface area contributed by atoms with Crippen LogP contribution in [0.4, 0.5) is 5.69 Å². The van der Waals surface area contributed by atoms with Crippen molar-refractivity contribution in [2.45, 2.75) is 33.2 Å². The smallest absolute Gasteiger partial charge is 0.224 e. The van der Waals surface area contributed by atoms with Crippen molar-refractivity contribution in [3.8, 4) is 0 Å². The number of benzene rings is 1. The van der Waals surface area contributed by atoms with Crippen molar-refractivity contribution in [1.29, 1.82) is 0 Å². The topological polar surface area (TPSA) is 46.1 Å². The Kier molecular flexibility index (Phi) is 5.39. The lowest BCUT2D eigenvalue weighted by molar-refractivity contribution is -0.116. The molecule has 0 aliphatic rings. The van der Waals surface area contributed by atoms with E-state index in [1.54, 1.807) is 0 Å². The Labute approximate surface area is 126 Å². The zero-order valence-electron chi connectivity index (χ0n) is 13.1. The maximum Gasteiger partial charge on any atom is 0.224 e. The van der Waals surface area contributed by atoms with E-state index in [1.165, 1.54) is 10.9 Å². The number of hydrogen-bond acceptors (Lipinski definition) is 2. The number of fused-ring (bicyclic) bond motifs is 1. The van der Waals surface area contributed by atoms with Crippen molar-refractivity contribution in [2.24, 2.45) is 5.92 Å². The van der Waals surface area contributed by atoms with Crippen LogP contribution >= 0.6 is 0 Å². The summed E-state index contributed by atoms with van der Waals surface area (Å²) in [4.78, 5) is 11.8. The molecule has 0 unspecified atom stereocenters. The van der Waals surface area contributed by atoms with E-state index < -0.39 is 0 Å². The number of aromatic nitrogens is 1. The Balaban J connectivity index is 2.04. The number of anilines is 1. The summed E-state index contributed by atoms with van der Waals surface area (Å²) in [5.41, 5.74) is 2.09.